The minimum atomic E-state index is 0.461. The Morgan fingerprint density at radius 1 is 1.12 bits per heavy atom. The van der Waals surface area contributed by atoms with Gasteiger partial charge in [0.2, 0.25) is 0 Å². The van der Waals surface area contributed by atoms with Gasteiger partial charge >= 0.3 is 0 Å². The summed E-state index contributed by atoms with van der Waals surface area (Å²) in [5.41, 5.74) is 0.461. The van der Waals surface area contributed by atoms with Gasteiger partial charge in [-0.05, 0) is 37.8 Å². The van der Waals surface area contributed by atoms with Crippen molar-refractivity contribution >= 4 is 0 Å². The molecule has 17 heavy (non-hydrogen) atoms. The number of hydrogen-bond donors (Lipinski definition) is 1. The second-order valence-corrected chi connectivity index (χ2v) is 6.63. The van der Waals surface area contributed by atoms with Gasteiger partial charge in [0, 0.05) is 19.1 Å². The van der Waals surface area contributed by atoms with E-state index in [-0.39, 0.29) is 0 Å². The average Bonchev–Trinajstić information content (AvgIpc) is 2.75. The molecule has 0 saturated heterocycles. The molecule has 0 aromatic carbocycles. The summed E-state index contributed by atoms with van der Waals surface area (Å²) in [4.78, 5) is 2.66. The maximum Gasteiger partial charge on any atom is 0.0110 e. The van der Waals surface area contributed by atoms with Gasteiger partial charge in [0.05, 0.1) is 0 Å². The Bertz CT molecular complexity index is 190. The second-order valence-electron chi connectivity index (χ2n) is 6.63. The summed E-state index contributed by atoms with van der Waals surface area (Å²) < 4.78 is 0. The monoisotopic (exact) mass is 240 g/mol. The fraction of sp³-hybridized carbons (Fsp3) is 1.00. The van der Waals surface area contributed by atoms with Gasteiger partial charge in [-0.15, -0.1) is 0 Å². The summed E-state index contributed by atoms with van der Waals surface area (Å²) in [5.74, 6) is 0. The van der Waals surface area contributed by atoms with Gasteiger partial charge < -0.3 is 5.32 Å². The molecule has 0 spiro atoms. The largest absolute Gasteiger partial charge is 0.315 e. The van der Waals surface area contributed by atoms with Crippen molar-refractivity contribution in [1.29, 1.82) is 0 Å². The quantitative estimate of drug-likeness (QED) is 0.687. The predicted molar refractivity (Wildman–Crippen MR) is 76.4 cm³/mol. The van der Waals surface area contributed by atoms with Gasteiger partial charge in [-0.2, -0.15) is 0 Å². The van der Waals surface area contributed by atoms with E-state index < -0.39 is 0 Å². The lowest BCUT2D eigenvalue weighted by atomic mass is 9.92. The van der Waals surface area contributed by atoms with E-state index in [1.807, 2.05) is 0 Å². The minimum Gasteiger partial charge on any atom is -0.315 e. The molecule has 102 valence electrons. The zero-order valence-corrected chi connectivity index (χ0v) is 12.4. The summed E-state index contributed by atoms with van der Waals surface area (Å²) in [6.07, 6.45) is 7.01. The van der Waals surface area contributed by atoms with Crippen LogP contribution in [0.5, 0.6) is 0 Å². The van der Waals surface area contributed by atoms with Crippen LogP contribution in [-0.2, 0) is 0 Å². The van der Waals surface area contributed by atoms with Crippen LogP contribution in [0.2, 0.25) is 0 Å². The zero-order valence-electron chi connectivity index (χ0n) is 12.4. The minimum absolute atomic E-state index is 0.461. The van der Waals surface area contributed by atoms with Crippen LogP contribution in [0.25, 0.3) is 0 Å². The molecular formula is C15H32N2. The van der Waals surface area contributed by atoms with Crippen LogP contribution in [0, 0.1) is 5.41 Å². The van der Waals surface area contributed by atoms with Crippen LogP contribution >= 0.6 is 0 Å². The molecule has 2 heteroatoms. The van der Waals surface area contributed by atoms with E-state index >= 15 is 0 Å². The van der Waals surface area contributed by atoms with E-state index in [1.54, 1.807) is 0 Å². The van der Waals surface area contributed by atoms with Gasteiger partial charge in [-0.25, -0.2) is 0 Å². The number of hydrogen-bond acceptors (Lipinski definition) is 2. The van der Waals surface area contributed by atoms with E-state index in [0.29, 0.717) is 5.41 Å². The maximum absolute atomic E-state index is 3.59. The molecule has 1 N–H and O–H groups in total. The van der Waals surface area contributed by atoms with Gasteiger partial charge in [-0.3, -0.25) is 4.90 Å². The third kappa shape index (κ3) is 6.42. The van der Waals surface area contributed by atoms with Crippen molar-refractivity contribution < 1.29 is 0 Å². The SMILES string of the molecule is CCN(CCNCCC(C)(C)C)C1CCCC1. The Labute approximate surface area is 108 Å². The molecule has 1 saturated carbocycles. The van der Waals surface area contributed by atoms with Crippen LogP contribution in [0.1, 0.15) is 59.8 Å². The van der Waals surface area contributed by atoms with E-state index in [2.05, 4.69) is 37.9 Å². The van der Waals surface area contributed by atoms with Crippen molar-refractivity contribution in [2.75, 3.05) is 26.2 Å². The van der Waals surface area contributed by atoms with Crippen LogP contribution in [0.3, 0.4) is 0 Å². The number of nitrogens with one attached hydrogen (secondary N) is 1. The van der Waals surface area contributed by atoms with Crippen LogP contribution < -0.4 is 5.32 Å². The predicted octanol–water partition coefficient (Wildman–Crippen LogP) is 3.28. The average molecular weight is 240 g/mol. The van der Waals surface area contributed by atoms with E-state index in [4.69, 9.17) is 0 Å². The van der Waals surface area contributed by atoms with E-state index in [0.717, 1.165) is 19.1 Å². The molecule has 0 bridgehead atoms. The van der Waals surface area contributed by atoms with Crippen molar-refractivity contribution in [3.05, 3.63) is 0 Å². The normalized spacial score (nSPS) is 18.2. The van der Waals surface area contributed by atoms with Gasteiger partial charge in [0.25, 0.3) is 0 Å². The van der Waals surface area contributed by atoms with Crippen molar-refractivity contribution in [3.8, 4) is 0 Å². The van der Waals surface area contributed by atoms with Gasteiger partial charge in [0.15, 0.2) is 0 Å². The Kier molecular flexibility index (Phi) is 6.50. The lowest BCUT2D eigenvalue weighted by molar-refractivity contribution is 0.208. The summed E-state index contributed by atoms with van der Waals surface area (Å²) >= 11 is 0. The molecule has 1 aliphatic carbocycles. The molecule has 0 aromatic rings. The first kappa shape index (κ1) is 15.0. The van der Waals surface area contributed by atoms with Gasteiger partial charge in [-0.1, -0.05) is 40.5 Å². The van der Waals surface area contributed by atoms with Crippen LogP contribution in [0.4, 0.5) is 0 Å². The fourth-order valence-electron chi connectivity index (χ4n) is 2.68. The van der Waals surface area contributed by atoms with Crippen molar-refractivity contribution in [2.24, 2.45) is 5.41 Å². The smallest absolute Gasteiger partial charge is 0.0110 e. The first-order valence-corrected chi connectivity index (χ1v) is 7.47. The Balaban J connectivity index is 2.07. The molecular weight excluding hydrogens is 208 g/mol. The highest BCUT2D eigenvalue weighted by atomic mass is 15.2. The van der Waals surface area contributed by atoms with Gasteiger partial charge in [0.1, 0.15) is 0 Å². The summed E-state index contributed by atoms with van der Waals surface area (Å²) in [7, 11) is 0. The zero-order chi connectivity index (χ0) is 12.7. The lowest BCUT2D eigenvalue weighted by Crippen LogP contribution is -2.38. The molecule has 2 nitrogen and oxygen atoms in total. The Morgan fingerprint density at radius 3 is 2.29 bits per heavy atom. The molecule has 0 amide bonds. The third-order valence-corrected chi connectivity index (χ3v) is 3.87. The summed E-state index contributed by atoms with van der Waals surface area (Å²) in [5, 5.41) is 3.59. The fourth-order valence-corrected chi connectivity index (χ4v) is 2.68. The lowest BCUT2D eigenvalue weighted by Gasteiger charge is -2.27. The van der Waals surface area contributed by atoms with Crippen molar-refractivity contribution in [3.63, 3.8) is 0 Å². The first-order valence-electron chi connectivity index (χ1n) is 7.47. The number of likely N-dealkylation sites (N-methyl/N-ethyl adjacent to an activating group) is 1. The Hall–Kier alpha value is -0.0800. The highest BCUT2D eigenvalue weighted by Gasteiger charge is 2.20. The molecule has 0 heterocycles. The highest BCUT2D eigenvalue weighted by molar-refractivity contribution is 4.77. The first-order chi connectivity index (χ1) is 8.03. The molecule has 0 aromatic heterocycles. The highest BCUT2D eigenvalue weighted by Crippen LogP contribution is 2.22. The van der Waals surface area contributed by atoms with Crippen molar-refractivity contribution in [1.82, 2.24) is 10.2 Å². The topological polar surface area (TPSA) is 15.3 Å². The summed E-state index contributed by atoms with van der Waals surface area (Å²) in [6, 6.07) is 0.879. The Morgan fingerprint density at radius 2 is 1.76 bits per heavy atom. The number of rotatable bonds is 7. The van der Waals surface area contributed by atoms with E-state index in [1.165, 1.54) is 45.2 Å². The van der Waals surface area contributed by atoms with Crippen LogP contribution in [-0.4, -0.2) is 37.1 Å². The molecule has 0 unspecified atom stereocenters. The van der Waals surface area contributed by atoms with E-state index in [9.17, 15) is 0 Å². The third-order valence-electron chi connectivity index (χ3n) is 3.87. The molecule has 0 aliphatic heterocycles. The van der Waals surface area contributed by atoms with Crippen molar-refractivity contribution in [2.45, 2.75) is 65.8 Å². The molecule has 1 fully saturated rings. The molecule has 0 radical (unpaired) electrons. The summed E-state index contributed by atoms with van der Waals surface area (Å²) in [6.45, 7) is 14.0. The van der Waals surface area contributed by atoms with Crippen LogP contribution in [0.15, 0.2) is 0 Å². The number of nitrogens with zero attached hydrogens (tertiary/aromatic N) is 1. The second kappa shape index (κ2) is 7.38. The molecule has 1 aliphatic rings. The standard InChI is InChI=1S/C15H32N2/c1-5-17(14-8-6-7-9-14)13-12-16-11-10-15(2,3)4/h14,16H,5-13H2,1-4H3. The molecule has 0 atom stereocenters. The maximum atomic E-state index is 3.59. The molecule has 1 rings (SSSR count).